The van der Waals surface area contributed by atoms with Crippen LogP contribution in [0.2, 0.25) is 10.0 Å². The normalized spacial score (nSPS) is 11.1. The standard InChI is InChI=1S/C13H13Cl3FN3O/c1-2-19-6-8(14)13(21)7-5-9(17)12(10(15)11(7)19)20(16)4-3-18/h5-6H,2-4,18H2,1H3. The summed E-state index contributed by atoms with van der Waals surface area (Å²) in [7, 11) is 0. The van der Waals surface area contributed by atoms with E-state index in [0.717, 1.165) is 10.5 Å². The van der Waals surface area contributed by atoms with Crippen molar-refractivity contribution in [1.82, 2.24) is 4.57 Å². The summed E-state index contributed by atoms with van der Waals surface area (Å²) >= 11 is 18.2. The topological polar surface area (TPSA) is 51.3 Å². The maximum absolute atomic E-state index is 14.3. The van der Waals surface area contributed by atoms with Crippen LogP contribution in [0.15, 0.2) is 17.1 Å². The second-order valence-electron chi connectivity index (χ2n) is 4.38. The van der Waals surface area contributed by atoms with E-state index in [2.05, 4.69) is 0 Å². The molecule has 1 aromatic carbocycles. The summed E-state index contributed by atoms with van der Waals surface area (Å²) in [5.74, 6) is -0.696. The zero-order valence-corrected chi connectivity index (χ0v) is 13.4. The van der Waals surface area contributed by atoms with E-state index >= 15 is 0 Å². The SMILES string of the molecule is CCn1cc(Cl)c(=O)c2cc(F)c(N(Cl)CCN)c(Cl)c21. The molecule has 2 aromatic rings. The van der Waals surface area contributed by atoms with Crippen LogP contribution < -0.4 is 15.6 Å². The molecule has 0 aliphatic heterocycles. The van der Waals surface area contributed by atoms with Crippen LogP contribution in [0.4, 0.5) is 10.1 Å². The number of fused-ring (bicyclic) bond motifs is 1. The summed E-state index contributed by atoms with van der Waals surface area (Å²) in [6.07, 6.45) is 1.47. The van der Waals surface area contributed by atoms with E-state index in [9.17, 15) is 9.18 Å². The Kier molecular flexibility index (Phi) is 4.99. The van der Waals surface area contributed by atoms with Crippen molar-refractivity contribution in [3.63, 3.8) is 0 Å². The lowest BCUT2D eigenvalue weighted by Gasteiger charge is -2.20. The van der Waals surface area contributed by atoms with Gasteiger partial charge in [-0.3, -0.25) is 9.21 Å². The Morgan fingerprint density at radius 3 is 2.67 bits per heavy atom. The van der Waals surface area contributed by atoms with Crippen LogP contribution in [0.3, 0.4) is 0 Å². The molecule has 2 N–H and O–H groups in total. The highest BCUT2D eigenvalue weighted by molar-refractivity contribution is 6.40. The summed E-state index contributed by atoms with van der Waals surface area (Å²) in [6, 6.07) is 1.10. The van der Waals surface area contributed by atoms with Gasteiger partial charge in [-0.1, -0.05) is 23.2 Å². The molecular formula is C13H13Cl3FN3O. The van der Waals surface area contributed by atoms with Gasteiger partial charge in [-0.15, -0.1) is 0 Å². The predicted octanol–water partition coefficient (Wildman–Crippen LogP) is 3.39. The largest absolute Gasteiger partial charge is 0.345 e. The lowest BCUT2D eigenvalue weighted by atomic mass is 10.1. The van der Waals surface area contributed by atoms with Gasteiger partial charge in [-0.25, -0.2) is 4.39 Å². The quantitative estimate of drug-likeness (QED) is 0.858. The Morgan fingerprint density at radius 1 is 1.43 bits per heavy atom. The molecule has 0 unspecified atom stereocenters. The van der Waals surface area contributed by atoms with Crippen LogP contribution in [0.1, 0.15) is 6.92 Å². The fourth-order valence-electron chi connectivity index (χ4n) is 2.14. The van der Waals surface area contributed by atoms with Crippen LogP contribution >= 0.6 is 35.0 Å². The first kappa shape index (κ1) is 16.4. The fraction of sp³-hybridized carbons (Fsp3) is 0.308. The molecule has 0 saturated heterocycles. The van der Waals surface area contributed by atoms with Crippen molar-refractivity contribution >= 4 is 51.6 Å². The molecular weight excluding hydrogens is 340 g/mol. The number of pyridine rings is 1. The van der Waals surface area contributed by atoms with E-state index in [1.165, 1.54) is 6.20 Å². The number of aryl methyl sites for hydroxylation is 1. The summed E-state index contributed by atoms with van der Waals surface area (Å²) in [4.78, 5) is 12.1. The molecule has 4 nitrogen and oxygen atoms in total. The highest BCUT2D eigenvalue weighted by atomic mass is 35.5. The monoisotopic (exact) mass is 351 g/mol. The van der Waals surface area contributed by atoms with Crippen molar-refractivity contribution in [1.29, 1.82) is 0 Å². The number of aromatic nitrogens is 1. The van der Waals surface area contributed by atoms with E-state index in [4.69, 9.17) is 40.7 Å². The Morgan fingerprint density at radius 2 is 2.10 bits per heavy atom. The summed E-state index contributed by atoms with van der Waals surface area (Å²) < 4.78 is 17.0. The molecule has 0 atom stereocenters. The van der Waals surface area contributed by atoms with Crippen LogP contribution in [0.25, 0.3) is 10.9 Å². The smallest absolute Gasteiger partial charge is 0.208 e. The first-order chi connectivity index (χ1) is 9.92. The highest BCUT2D eigenvalue weighted by Gasteiger charge is 2.21. The first-order valence-electron chi connectivity index (χ1n) is 6.26. The zero-order chi connectivity index (χ0) is 15.7. The highest BCUT2D eigenvalue weighted by Crippen LogP contribution is 2.36. The minimum Gasteiger partial charge on any atom is -0.345 e. The van der Waals surface area contributed by atoms with Gasteiger partial charge in [0.25, 0.3) is 0 Å². The number of halogens is 4. The Bertz CT molecular complexity index is 748. The maximum Gasteiger partial charge on any atom is 0.208 e. The lowest BCUT2D eigenvalue weighted by molar-refractivity contribution is 0.628. The summed E-state index contributed by atoms with van der Waals surface area (Å²) in [6.45, 7) is 2.82. The van der Waals surface area contributed by atoms with E-state index in [-0.39, 0.29) is 34.2 Å². The minimum absolute atomic E-state index is 0.000191. The molecule has 0 amide bonds. The Hall–Kier alpha value is -1.01. The average molecular weight is 353 g/mol. The molecule has 0 fully saturated rings. The van der Waals surface area contributed by atoms with Crippen LogP contribution in [-0.2, 0) is 6.54 Å². The van der Waals surface area contributed by atoms with Gasteiger partial charge in [0.1, 0.15) is 16.5 Å². The molecule has 0 aliphatic rings. The molecule has 0 saturated carbocycles. The Labute approximate surface area is 135 Å². The zero-order valence-electron chi connectivity index (χ0n) is 11.2. The molecule has 21 heavy (non-hydrogen) atoms. The van der Waals surface area contributed by atoms with Gasteiger partial charge in [0.15, 0.2) is 0 Å². The third-order valence-corrected chi connectivity index (χ3v) is 4.06. The van der Waals surface area contributed by atoms with Gasteiger partial charge in [-0.05, 0) is 13.0 Å². The van der Waals surface area contributed by atoms with Gasteiger partial charge in [0.05, 0.1) is 15.9 Å². The van der Waals surface area contributed by atoms with Crippen molar-refractivity contribution in [3.05, 3.63) is 38.3 Å². The van der Waals surface area contributed by atoms with Crippen molar-refractivity contribution in [3.8, 4) is 0 Å². The number of hydrogen-bond donors (Lipinski definition) is 1. The minimum atomic E-state index is -0.696. The maximum atomic E-state index is 14.3. The first-order valence-corrected chi connectivity index (χ1v) is 7.35. The van der Waals surface area contributed by atoms with E-state index in [1.54, 1.807) is 4.57 Å². The molecule has 114 valence electrons. The van der Waals surface area contributed by atoms with Crippen LogP contribution in [-0.4, -0.2) is 17.7 Å². The third-order valence-electron chi connectivity index (χ3n) is 3.09. The molecule has 0 aliphatic carbocycles. The van der Waals surface area contributed by atoms with E-state index in [1.807, 2.05) is 6.92 Å². The van der Waals surface area contributed by atoms with Gasteiger partial charge in [0.2, 0.25) is 5.43 Å². The predicted molar refractivity (Wildman–Crippen MR) is 86.1 cm³/mol. The third kappa shape index (κ3) is 2.83. The van der Waals surface area contributed by atoms with Gasteiger partial charge < -0.3 is 10.3 Å². The molecule has 0 bridgehead atoms. The number of rotatable bonds is 4. The number of nitrogens with two attached hydrogens (primary N) is 1. The van der Waals surface area contributed by atoms with Crippen molar-refractivity contribution in [2.24, 2.45) is 5.73 Å². The molecule has 0 spiro atoms. The molecule has 8 heteroatoms. The van der Waals surface area contributed by atoms with E-state index in [0.29, 0.717) is 12.1 Å². The second kappa shape index (κ2) is 6.40. The van der Waals surface area contributed by atoms with Gasteiger partial charge >= 0.3 is 0 Å². The second-order valence-corrected chi connectivity index (χ2v) is 5.58. The van der Waals surface area contributed by atoms with E-state index < -0.39 is 11.2 Å². The number of benzene rings is 1. The van der Waals surface area contributed by atoms with Crippen molar-refractivity contribution < 1.29 is 4.39 Å². The number of hydrogen-bond acceptors (Lipinski definition) is 3. The summed E-state index contributed by atoms with van der Waals surface area (Å²) in [5.41, 5.74) is 5.34. The number of anilines is 1. The van der Waals surface area contributed by atoms with Crippen LogP contribution in [0.5, 0.6) is 0 Å². The summed E-state index contributed by atoms with van der Waals surface area (Å²) in [5, 5.41) is 0.190. The molecule has 1 heterocycles. The van der Waals surface area contributed by atoms with Gasteiger partial charge in [0, 0.05) is 37.6 Å². The van der Waals surface area contributed by atoms with Crippen LogP contribution in [0, 0.1) is 5.82 Å². The van der Waals surface area contributed by atoms with Gasteiger partial charge in [-0.2, -0.15) is 0 Å². The van der Waals surface area contributed by atoms with Crippen molar-refractivity contribution in [2.45, 2.75) is 13.5 Å². The number of nitrogens with zero attached hydrogens (tertiary/aromatic N) is 2. The van der Waals surface area contributed by atoms with Crippen molar-refractivity contribution in [2.75, 3.05) is 17.5 Å². The molecule has 2 rings (SSSR count). The average Bonchev–Trinajstić information content (AvgIpc) is 2.43. The molecule has 0 radical (unpaired) electrons. The fourth-order valence-corrected chi connectivity index (χ4v) is 3.07. The Balaban J connectivity index is 2.88. The lowest BCUT2D eigenvalue weighted by Crippen LogP contribution is -2.22. The molecule has 1 aromatic heterocycles.